The molecule has 0 fully saturated rings. The molecule has 5 nitrogen and oxygen atoms in total. The molecule has 1 atom stereocenters. The van der Waals surface area contributed by atoms with Gasteiger partial charge in [0.2, 0.25) is 0 Å². The third-order valence-electron chi connectivity index (χ3n) is 3.26. The van der Waals surface area contributed by atoms with Gasteiger partial charge in [-0.2, -0.15) is 0 Å². The van der Waals surface area contributed by atoms with Crippen LogP contribution in [0.5, 0.6) is 0 Å². The van der Waals surface area contributed by atoms with Crippen LogP contribution in [0.15, 0.2) is 27.5 Å². The summed E-state index contributed by atoms with van der Waals surface area (Å²) in [6.45, 7) is 2.81. The molecule has 0 bridgehead atoms. The van der Waals surface area contributed by atoms with E-state index in [1.54, 1.807) is 22.9 Å². The summed E-state index contributed by atoms with van der Waals surface area (Å²) >= 11 is 0. The number of rotatable bonds is 6. The van der Waals surface area contributed by atoms with Gasteiger partial charge in [0.25, 0.3) is 0 Å². The minimum atomic E-state index is -0.318. The van der Waals surface area contributed by atoms with Crippen LogP contribution in [0.2, 0.25) is 0 Å². The van der Waals surface area contributed by atoms with Gasteiger partial charge in [-0.05, 0) is 38.4 Å². The minimum absolute atomic E-state index is 0.318. The molecule has 2 rings (SSSR count). The number of hydrogen-bond donors (Lipinski definition) is 1. The van der Waals surface area contributed by atoms with E-state index in [1.165, 1.54) is 0 Å². The Morgan fingerprint density at radius 3 is 3.11 bits per heavy atom. The molecule has 1 unspecified atom stereocenters. The summed E-state index contributed by atoms with van der Waals surface area (Å²) in [5.41, 5.74) is 1.20. The Balaban J connectivity index is 2.08. The average molecular weight is 249 g/mol. The van der Waals surface area contributed by atoms with E-state index in [0.717, 1.165) is 19.3 Å². The van der Waals surface area contributed by atoms with Crippen LogP contribution < -0.4 is 11.1 Å². The maximum atomic E-state index is 11.7. The lowest BCUT2D eigenvalue weighted by atomic mass is 10.1. The van der Waals surface area contributed by atoms with Crippen LogP contribution in [0.4, 0.5) is 0 Å². The molecule has 2 heterocycles. The van der Waals surface area contributed by atoms with Crippen molar-refractivity contribution in [2.24, 2.45) is 0 Å². The molecule has 2 aromatic heterocycles. The van der Waals surface area contributed by atoms with Crippen molar-refractivity contribution in [3.63, 3.8) is 0 Å². The van der Waals surface area contributed by atoms with E-state index < -0.39 is 0 Å². The lowest BCUT2D eigenvalue weighted by molar-refractivity contribution is 0.448. The molecule has 18 heavy (non-hydrogen) atoms. The van der Waals surface area contributed by atoms with Gasteiger partial charge in [0.05, 0.1) is 0 Å². The SMILES string of the molecule is CCC(CCCn1c(=O)oc2cccnc21)NC. The zero-order valence-electron chi connectivity index (χ0n) is 10.8. The van der Waals surface area contributed by atoms with Crippen molar-refractivity contribution in [3.05, 3.63) is 28.9 Å². The fraction of sp³-hybridized carbons (Fsp3) is 0.538. The van der Waals surface area contributed by atoms with Gasteiger partial charge in [-0.15, -0.1) is 0 Å². The molecule has 0 aliphatic carbocycles. The first-order valence-electron chi connectivity index (χ1n) is 6.38. The highest BCUT2D eigenvalue weighted by Gasteiger charge is 2.10. The van der Waals surface area contributed by atoms with Crippen molar-refractivity contribution in [2.75, 3.05) is 7.05 Å². The van der Waals surface area contributed by atoms with E-state index in [9.17, 15) is 4.79 Å². The summed E-state index contributed by atoms with van der Waals surface area (Å²) in [6.07, 6.45) is 4.75. The molecule has 2 aromatic rings. The van der Waals surface area contributed by atoms with Crippen LogP contribution in [0, 0.1) is 0 Å². The smallest absolute Gasteiger partial charge is 0.406 e. The predicted molar refractivity (Wildman–Crippen MR) is 70.6 cm³/mol. The number of pyridine rings is 1. The van der Waals surface area contributed by atoms with E-state index in [1.807, 2.05) is 7.05 Å². The maximum Gasteiger partial charge on any atom is 0.421 e. The Labute approximate surface area is 106 Å². The molecular formula is C13H19N3O2. The Morgan fingerprint density at radius 2 is 2.39 bits per heavy atom. The molecule has 0 aromatic carbocycles. The van der Waals surface area contributed by atoms with Crippen LogP contribution in [-0.4, -0.2) is 22.6 Å². The number of hydrogen-bond acceptors (Lipinski definition) is 4. The molecule has 0 amide bonds. The first kappa shape index (κ1) is 12.8. The van der Waals surface area contributed by atoms with Crippen molar-refractivity contribution in [1.82, 2.24) is 14.9 Å². The molecule has 0 saturated carbocycles. The fourth-order valence-corrected chi connectivity index (χ4v) is 2.15. The summed E-state index contributed by atoms with van der Waals surface area (Å²) in [7, 11) is 1.97. The van der Waals surface area contributed by atoms with Crippen molar-refractivity contribution in [2.45, 2.75) is 38.8 Å². The lowest BCUT2D eigenvalue weighted by Crippen LogP contribution is -2.25. The van der Waals surface area contributed by atoms with Crippen molar-refractivity contribution in [3.8, 4) is 0 Å². The first-order valence-corrected chi connectivity index (χ1v) is 6.38. The highest BCUT2D eigenvalue weighted by atomic mass is 16.4. The normalized spacial score (nSPS) is 13.0. The number of aryl methyl sites for hydroxylation is 1. The quantitative estimate of drug-likeness (QED) is 0.847. The van der Waals surface area contributed by atoms with Crippen molar-refractivity contribution >= 4 is 11.2 Å². The number of aromatic nitrogens is 2. The first-order chi connectivity index (χ1) is 8.76. The Kier molecular flexibility index (Phi) is 4.15. The third-order valence-corrected chi connectivity index (χ3v) is 3.26. The van der Waals surface area contributed by atoms with E-state index >= 15 is 0 Å². The van der Waals surface area contributed by atoms with Crippen LogP contribution in [0.3, 0.4) is 0 Å². The summed E-state index contributed by atoms with van der Waals surface area (Å²) in [4.78, 5) is 15.9. The van der Waals surface area contributed by atoms with Gasteiger partial charge >= 0.3 is 5.76 Å². The summed E-state index contributed by atoms with van der Waals surface area (Å²) < 4.78 is 6.75. The summed E-state index contributed by atoms with van der Waals surface area (Å²) in [6, 6.07) is 4.04. The third kappa shape index (κ3) is 2.61. The van der Waals surface area contributed by atoms with Crippen LogP contribution in [-0.2, 0) is 6.54 Å². The van der Waals surface area contributed by atoms with Gasteiger partial charge in [0.15, 0.2) is 11.2 Å². The molecule has 1 N–H and O–H groups in total. The van der Waals surface area contributed by atoms with Gasteiger partial charge in [-0.3, -0.25) is 4.57 Å². The Bertz CT molecular complexity index is 555. The Hall–Kier alpha value is -1.62. The van der Waals surface area contributed by atoms with Crippen LogP contribution in [0.25, 0.3) is 11.2 Å². The highest BCUT2D eigenvalue weighted by Crippen LogP contribution is 2.10. The highest BCUT2D eigenvalue weighted by molar-refractivity contribution is 5.67. The number of nitrogens with zero attached hydrogens (tertiary/aromatic N) is 2. The maximum absolute atomic E-state index is 11.7. The monoisotopic (exact) mass is 249 g/mol. The standard InChI is InChI=1S/C13H19N3O2/c1-3-10(14-2)6-5-9-16-12-11(18-13(16)17)7-4-8-15-12/h4,7-8,10,14H,3,5-6,9H2,1-2H3. The molecule has 0 aliphatic heterocycles. The van der Waals surface area contributed by atoms with E-state index in [2.05, 4.69) is 17.2 Å². The number of nitrogens with one attached hydrogen (secondary N) is 1. The molecule has 0 aliphatic rings. The lowest BCUT2D eigenvalue weighted by Gasteiger charge is -2.12. The van der Waals surface area contributed by atoms with Crippen LogP contribution >= 0.6 is 0 Å². The zero-order chi connectivity index (χ0) is 13.0. The minimum Gasteiger partial charge on any atom is -0.406 e. The van der Waals surface area contributed by atoms with Gasteiger partial charge < -0.3 is 9.73 Å². The second-order valence-corrected chi connectivity index (χ2v) is 4.38. The van der Waals surface area contributed by atoms with Crippen LogP contribution in [0.1, 0.15) is 26.2 Å². The summed E-state index contributed by atoms with van der Waals surface area (Å²) in [5, 5.41) is 3.26. The van der Waals surface area contributed by atoms with Gasteiger partial charge in [-0.1, -0.05) is 6.92 Å². The van der Waals surface area contributed by atoms with Gasteiger partial charge in [0, 0.05) is 18.8 Å². The predicted octanol–water partition coefficient (Wildman–Crippen LogP) is 1.77. The largest absolute Gasteiger partial charge is 0.421 e. The molecule has 0 radical (unpaired) electrons. The zero-order valence-corrected chi connectivity index (χ0v) is 10.8. The average Bonchev–Trinajstić information content (AvgIpc) is 2.71. The van der Waals surface area contributed by atoms with E-state index in [0.29, 0.717) is 23.8 Å². The Morgan fingerprint density at radius 1 is 1.56 bits per heavy atom. The number of oxazole rings is 1. The van der Waals surface area contributed by atoms with E-state index in [-0.39, 0.29) is 5.76 Å². The fourth-order valence-electron chi connectivity index (χ4n) is 2.15. The topological polar surface area (TPSA) is 60.1 Å². The van der Waals surface area contributed by atoms with Crippen molar-refractivity contribution < 1.29 is 4.42 Å². The van der Waals surface area contributed by atoms with Gasteiger partial charge in [0.1, 0.15) is 0 Å². The van der Waals surface area contributed by atoms with E-state index in [4.69, 9.17) is 4.42 Å². The molecule has 0 spiro atoms. The summed E-state index contributed by atoms with van der Waals surface area (Å²) in [5.74, 6) is -0.318. The molecule has 5 heteroatoms. The molecule has 98 valence electrons. The number of fused-ring (bicyclic) bond motifs is 1. The second-order valence-electron chi connectivity index (χ2n) is 4.38. The second kappa shape index (κ2) is 5.82. The van der Waals surface area contributed by atoms with Gasteiger partial charge in [-0.25, -0.2) is 9.78 Å². The van der Waals surface area contributed by atoms with Crippen molar-refractivity contribution in [1.29, 1.82) is 0 Å². The molecule has 0 saturated heterocycles. The molecular weight excluding hydrogens is 230 g/mol.